The first-order valence-electron chi connectivity index (χ1n) is 9.42. The molecule has 1 aliphatic heterocycles. The fourth-order valence-electron chi connectivity index (χ4n) is 3.51. The molecule has 27 heavy (non-hydrogen) atoms. The van der Waals surface area contributed by atoms with Crippen molar-refractivity contribution in [1.82, 2.24) is 20.4 Å². The quantitative estimate of drug-likeness (QED) is 0.368. The molecule has 6 nitrogen and oxygen atoms in total. The zero-order chi connectivity index (χ0) is 18.9. The Morgan fingerprint density at radius 3 is 2.41 bits per heavy atom. The lowest BCUT2D eigenvalue weighted by Crippen LogP contribution is -2.47. The second kappa shape index (κ2) is 12.2. The summed E-state index contributed by atoms with van der Waals surface area (Å²) in [6.45, 7) is 2.69. The van der Waals surface area contributed by atoms with Gasteiger partial charge in [0, 0.05) is 40.2 Å². The Balaban J connectivity index is 0.00000364. The number of likely N-dealkylation sites (tertiary alicyclic amines) is 1. The predicted molar refractivity (Wildman–Crippen MR) is 123 cm³/mol. The molecular formula is C20H34IN5O. The molecule has 1 heterocycles. The molecule has 0 saturated carbocycles. The highest BCUT2D eigenvalue weighted by Crippen LogP contribution is 2.21. The summed E-state index contributed by atoms with van der Waals surface area (Å²) in [6, 6.07) is 10.8. The molecule has 7 heteroatoms. The third-order valence-corrected chi connectivity index (χ3v) is 5.14. The molecule has 2 N–H and O–H groups in total. The summed E-state index contributed by atoms with van der Waals surface area (Å²) >= 11 is 0. The Labute approximate surface area is 180 Å². The Hall–Kier alpha value is -1.35. The number of benzene rings is 1. The molecule has 1 saturated heterocycles. The number of aliphatic imine (C=N–C) groups is 1. The molecule has 2 rings (SSSR count). The molecule has 0 bridgehead atoms. The van der Waals surface area contributed by atoms with Crippen LogP contribution in [0, 0.1) is 5.92 Å². The zero-order valence-corrected chi connectivity index (χ0v) is 19.3. The number of halogens is 1. The number of piperidine rings is 1. The first-order chi connectivity index (χ1) is 12.5. The molecular weight excluding hydrogens is 453 g/mol. The smallest absolute Gasteiger partial charge is 0.220 e. The number of guanidine groups is 1. The normalized spacial score (nSPS) is 16.6. The summed E-state index contributed by atoms with van der Waals surface area (Å²) in [7, 11) is 7.75. The van der Waals surface area contributed by atoms with Crippen LogP contribution in [0.1, 0.15) is 30.9 Å². The second-order valence-electron chi connectivity index (χ2n) is 7.13. The van der Waals surface area contributed by atoms with Gasteiger partial charge in [0.2, 0.25) is 5.91 Å². The van der Waals surface area contributed by atoms with Gasteiger partial charge in [-0.3, -0.25) is 9.79 Å². The number of hydrogen-bond donors (Lipinski definition) is 2. The zero-order valence-electron chi connectivity index (χ0n) is 16.9. The van der Waals surface area contributed by atoms with Crippen LogP contribution in [0.15, 0.2) is 35.3 Å². The lowest BCUT2D eigenvalue weighted by atomic mass is 9.93. The van der Waals surface area contributed by atoms with E-state index in [1.165, 1.54) is 5.56 Å². The summed E-state index contributed by atoms with van der Waals surface area (Å²) in [6.07, 6.45) is 2.70. The summed E-state index contributed by atoms with van der Waals surface area (Å²) in [5.41, 5.74) is 1.30. The van der Waals surface area contributed by atoms with Crippen LogP contribution >= 0.6 is 24.0 Å². The molecule has 1 atom stereocenters. The molecule has 1 aromatic carbocycles. The van der Waals surface area contributed by atoms with Crippen LogP contribution in [-0.2, 0) is 4.79 Å². The third kappa shape index (κ3) is 7.29. The van der Waals surface area contributed by atoms with E-state index in [4.69, 9.17) is 0 Å². The maximum absolute atomic E-state index is 11.6. The van der Waals surface area contributed by atoms with Gasteiger partial charge in [-0.2, -0.15) is 0 Å². The largest absolute Gasteiger partial charge is 0.359 e. The number of amides is 1. The molecule has 0 radical (unpaired) electrons. The molecule has 0 spiro atoms. The van der Waals surface area contributed by atoms with Crippen LogP contribution in [0.5, 0.6) is 0 Å². The molecule has 0 aromatic heterocycles. The van der Waals surface area contributed by atoms with Crippen molar-refractivity contribution in [2.24, 2.45) is 10.9 Å². The van der Waals surface area contributed by atoms with Crippen molar-refractivity contribution in [1.29, 1.82) is 0 Å². The van der Waals surface area contributed by atoms with Crippen molar-refractivity contribution >= 4 is 35.8 Å². The average molecular weight is 487 g/mol. The topological polar surface area (TPSA) is 60.0 Å². The van der Waals surface area contributed by atoms with Crippen molar-refractivity contribution in [2.75, 3.05) is 47.8 Å². The van der Waals surface area contributed by atoms with Crippen LogP contribution in [0.2, 0.25) is 0 Å². The van der Waals surface area contributed by atoms with E-state index in [-0.39, 0.29) is 29.9 Å². The average Bonchev–Trinajstić information content (AvgIpc) is 2.66. The minimum absolute atomic E-state index is 0. The van der Waals surface area contributed by atoms with Crippen molar-refractivity contribution in [3.8, 4) is 0 Å². The van der Waals surface area contributed by atoms with E-state index < -0.39 is 0 Å². The number of carbonyl (C=O) groups excluding carboxylic acids is 1. The van der Waals surface area contributed by atoms with E-state index in [9.17, 15) is 4.79 Å². The van der Waals surface area contributed by atoms with Crippen LogP contribution < -0.4 is 10.6 Å². The highest BCUT2D eigenvalue weighted by molar-refractivity contribution is 14.0. The van der Waals surface area contributed by atoms with Gasteiger partial charge in [-0.15, -0.1) is 24.0 Å². The minimum atomic E-state index is 0. The lowest BCUT2D eigenvalue weighted by Gasteiger charge is -2.35. The van der Waals surface area contributed by atoms with Gasteiger partial charge in [0.25, 0.3) is 0 Å². The standard InChI is InChI=1S/C20H33N5O.HI/c1-21-19(26)14-16-10-12-25(13-11-16)20(22-2)23-15-18(24(3)4)17-8-6-5-7-9-17;/h5-9,16,18H,10-15H2,1-4H3,(H,21,26)(H,22,23);1H. The van der Waals surface area contributed by atoms with Crippen molar-refractivity contribution in [2.45, 2.75) is 25.3 Å². The molecule has 152 valence electrons. The fraction of sp³-hybridized carbons (Fsp3) is 0.600. The maximum atomic E-state index is 11.6. The lowest BCUT2D eigenvalue weighted by molar-refractivity contribution is -0.121. The van der Waals surface area contributed by atoms with Gasteiger partial charge >= 0.3 is 0 Å². The first kappa shape index (κ1) is 23.7. The van der Waals surface area contributed by atoms with Gasteiger partial charge < -0.3 is 20.4 Å². The molecule has 1 fully saturated rings. The van der Waals surface area contributed by atoms with Crippen molar-refractivity contribution in [3.63, 3.8) is 0 Å². The maximum Gasteiger partial charge on any atom is 0.220 e. The number of likely N-dealkylation sites (N-methyl/N-ethyl adjacent to an activating group) is 1. The van der Waals surface area contributed by atoms with E-state index in [1.807, 2.05) is 13.1 Å². The summed E-state index contributed by atoms with van der Waals surface area (Å²) in [5.74, 6) is 1.57. The van der Waals surface area contributed by atoms with E-state index in [1.54, 1.807) is 7.05 Å². The molecule has 1 aromatic rings. The number of carbonyl (C=O) groups is 1. The Bertz CT molecular complexity index is 585. The second-order valence-corrected chi connectivity index (χ2v) is 7.13. The monoisotopic (exact) mass is 487 g/mol. The number of rotatable bonds is 6. The summed E-state index contributed by atoms with van der Waals surface area (Å²) in [4.78, 5) is 20.6. The Morgan fingerprint density at radius 1 is 1.26 bits per heavy atom. The summed E-state index contributed by atoms with van der Waals surface area (Å²) in [5, 5.41) is 6.26. The van der Waals surface area contributed by atoms with Crippen LogP contribution in [0.4, 0.5) is 0 Å². The van der Waals surface area contributed by atoms with Crippen LogP contribution in [0.3, 0.4) is 0 Å². The predicted octanol–water partition coefficient (Wildman–Crippen LogP) is 2.33. The van der Waals surface area contributed by atoms with E-state index in [0.717, 1.165) is 38.4 Å². The van der Waals surface area contributed by atoms with Gasteiger partial charge in [0.05, 0.1) is 6.04 Å². The first-order valence-corrected chi connectivity index (χ1v) is 9.42. The van der Waals surface area contributed by atoms with E-state index >= 15 is 0 Å². The van der Waals surface area contributed by atoms with E-state index in [2.05, 4.69) is 63.8 Å². The molecule has 1 unspecified atom stereocenters. The highest BCUT2D eigenvalue weighted by Gasteiger charge is 2.24. The van der Waals surface area contributed by atoms with Gasteiger partial charge in [0.15, 0.2) is 5.96 Å². The molecule has 0 aliphatic carbocycles. The van der Waals surface area contributed by atoms with Gasteiger partial charge in [0.1, 0.15) is 0 Å². The molecule has 1 aliphatic rings. The Morgan fingerprint density at radius 2 is 1.89 bits per heavy atom. The van der Waals surface area contributed by atoms with Crippen molar-refractivity contribution in [3.05, 3.63) is 35.9 Å². The van der Waals surface area contributed by atoms with Crippen LogP contribution in [-0.4, -0.2) is 69.5 Å². The summed E-state index contributed by atoms with van der Waals surface area (Å²) < 4.78 is 0. The third-order valence-electron chi connectivity index (χ3n) is 5.14. The number of hydrogen-bond acceptors (Lipinski definition) is 3. The van der Waals surface area contributed by atoms with Gasteiger partial charge in [-0.25, -0.2) is 0 Å². The van der Waals surface area contributed by atoms with Crippen LogP contribution in [0.25, 0.3) is 0 Å². The highest BCUT2D eigenvalue weighted by atomic mass is 127. The minimum Gasteiger partial charge on any atom is -0.359 e. The van der Waals surface area contributed by atoms with E-state index in [0.29, 0.717) is 18.4 Å². The van der Waals surface area contributed by atoms with Gasteiger partial charge in [-0.1, -0.05) is 30.3 Å². The number of nitrogens with zero attached hydrogens (tertiary/aromatic N) is 3. The molecule has 1 amide bonds. The Kier molecular flexibility index (Phi) is 10.7. The van der Waals surface area contributed by atoms with Gasteiger partial charge in [-0.05, 0) is 38.4 Å². The van der Waals surface area contributed by atoms with Crippen molar-refractivity contribution < 1.29 is 4.79 Å². The SMILES string of the molecule is CN=C(NCC(c1ccccc1)N(C)C)N1CCC(CC(=O)NC)CC1.I. The fourth-order valence-corrected chi connectivity index (χ4v) is 3.51. The number of nitrogens with one attached hydrogen (secondary N) is 2.